The van der Waals surface area contributed by atoms with E-state index in [-0.39, 0.29) is 5.78 Å². The molecule has 1 aromatic rings. The van der Waals surface area contributed by atoms with Crippen molar-refractivity contribution >= 4 is 45.9 Å². The van der Waals surface area contributed by atoms with E-state index < -0.39 is 0 Å². The van der Waals surface area contributed by atoms with Gasteiger partial charge in [-0.25, -0.2) is 0 Å². The van der Waals surface area contributed by atoms with Crippen LogP contribution in [-0.2, 0) is 5.33 Å². The van der Waals surface area contributed by atoms with Gasteiger partial charge in [-0.3, -0.25) is 4.79 Å². The monoisotopic (exact) mass is 292 g/mol. The molecule has 4 heteroatoms. The van der Waals surface area contributed by atoms with Crippen molar-refractivity contribution in [1.29, 1.82) is 0 Å². The van der Waals surface area contributed by atoms with Gasteiger partial charge in [0, 0.05) is 28.1 Å². The van der Waals surface area contributed by atoms with Gasteiger partial charge >= 0.3 is 0 Å². The summed E-state index contributed by atoms with van der Waals surface area (Å²) < 4.78 is 0. The lowest BCUT2D eigenvalue weighted by molar-refractivity contribution is 0.0989. The van der Waals surface area contributed by atoms with Crippen molar-refractivity contribution in [3.63, 3.8) is 0 Å². The molecule has 0 spiro atoms. The highest BCUT2D eigenvalue weighted by molar-refractivity contribution is 9.08. The van der Waals surface area contributed by atoms with Crippen LogP contribution in [0.15, 0.2) is 23.1 Å². The fraction of sp³-hybridized carbons (Fsp3) is 0.300. The molecule has 0 heterocycles. The van der Waals surface area contributed by atoms with Gasteiger partial charge < -0.3 is 0 Å². The molecular formula is C10H10BrClOS. The molecule has 0 radical (unpaired) electrons. The lowest BCUT2D eigenvalue weighted by Crippen LogP contribution is -2.00. The van der Waals surface area contributed by atoms with Crippen LogP contribution in [0.1, 0.15) is 22.3 Å². The molecule has 1 nitrogen and oxygen atoms in total. The third-order valence-corrected chi connectivity index (χ3v) is 3.08. The predicted molar refractivity (Wildman–Crippen MR) is 66.0 cm³/mol. The summed E-state index contributed by atoms with van der Waals surface area (Å²) in [5.74, 6) is 0.428. The molecule has 0 saturated carbocycles. The Bertz CT molecular complexity index is 341. The molecule has 0 aromatic heterocycles. The average Bonchev–Trinajstić information content (AvgIpc) is 2.18. The number of rotatable bonds is 4. The summed E-state index contributed by atoms with van der Waals surface area (Å²) in [7, 11) is 0. The number of carbonyl (C=O) groups excluding carboxylic acids is 1. The zero-order valence-corrected chi connectivity index (χ0v) is 10.7. The number of halogens is 2. The van der Waals surface area contributed by atoms with E-state index in [9.17, 15) is 4.79 Å². The average molecular weight is 294 g/mol. The Balaban J connectivity index is 2.91. The molecule has 0 fully saturated rings. The van der Waals surface area contributed by atoms with E-state index in [4.69, 9.17) is 11.6 Å². The Morgan fingerprint density at radius 1 is 1.50 bits per heavy atom. The highest BCUT2D eigenvalue weighted by Crippen LogP contribution is 2.19. The molecule has 0 saturated heterocycles. The molecule has 0 bridgehead atoms. The van der Waals surface area contributed by atoms with E-state index in [0.717, 1.165) is 15.8 Å². The van der Waals surface area contributed by atoms with Crippen LogP contribution < -0.4 is 0 Å². The maximum Gasteiger partial charge on any atom is 0.164 e. The lowest BCUT2D eigenvalue weighted by Gasteiger charge is -2.04. The van der Waals surface area contributed by atoms with Crippen molar-refractivity contribution in [2.75, 3.05) is 5.88 Å². The zero-order valence-electron chi connectivity index (χ0n) is 7.46. The third-order valence-electron chi connectivity index (χ3n) is 1.87. The first-order chi connectivity index (χ1) is 6.69. The highest BCUT2D eigenvalue weighted by Gasteiger charge is 2.06. The normalized spacial score (nSPS) is 10.2. The van der Waals surface area contributed by atoms with Gasteiger partial charge in [0.15, 0.2) is 5.78 Å². The van der Waals surface area contributed by atoms with Crippen molar-refractivity contribution in [3.8, 4) is 0 Å². The quantitative estimate of drug-likeness (QED) is 0.509. The van der Waals surface area contributed by atoms with Crippen molar-refractivity contribution < 1.29 is 4.79 Å². The molecule has 0 aliphatic heterocycles. The van der Waals surface area contributed by atoms with Gasteiger partial charge in [-0.2, -0.15) is 0 Å². The number of ketones is 1. The van der Waals surface area contributed by atoms with E-state index in [1.165, 1.54) is 0 Å². The number of hydrogen-bond acceptors (Lipinski definition) is 2. The van der Waals surface area contributed by atoms with Crippen molar-refractivity contribution in [2.45, 2.75) is 16.6 Å². The van der Waals surface area contributed by atoms with Gasteiger partial charge in [0.1, 0.15) is 0 Å². The van der Waals surface area contributed by atoms with Gasteiger partial charge in [0.05, 0.1) is 0 Å². The summed E-state index contributed by atoms with van der Waals surface area (Å²) in [5, 5.41) is 0.746. The molecule has 0 aliphatic carbocycles. The van der Waals surface area contributed by atoms with Crippen molar-refractivity contribution in [1.82, 2.24) is 0 Å². The Morgan fingerprint density at radius 2 is 2.21 bits per heavy atom. The van der Waals surface area contributed by atoms with Crippen LogP contribution in [0, 0.1) is 0 Å². The SMILES string of the molecule is O=C(CCCl)c1ccc(CBr)c(S)c1. The van der Waals surface area contributed by atoms with E-state index in [2.05, 4.69) is 28.6 Å². The Hall–Kier alpha value is 0.01000. The van der Waals surface area contributed by atoms with Crippen LogP contribution in [0.25, 0.3) is 0 Å². The Labute approximate surface area is 102 Å². The lowest BCUT2D eigenvalue weighted by atomic mass is 10.1. The first-order valence-corrected chi connectivity index (χ1v) is 6.26. The Kier molecular flexibility index (Phi) is 4.99. The van der Waals surface area contributed by atoms with Crippen molar-refractivity contribution in [2.24, 2.45) is 0 Å². The first-order valence-electron chi connectivity index (χ1n) is 4.16. The third kappa shape index (κ3) is 3.01. The summed E-state index contributed by atoms with van der Waals surface area (Å²) in [6.07, 6.45) is 0.377. The van der Waals surface area contributed by atoms with E-state index in [1.807, 2.05) is 12.1 Å². The van der Waals surface area contributed by atoms with E-state index >= 15 is 0 Å². The summed E-state index contributed by atoms with van der Waals surface area (Å²) in [6.45, 7) is 0. The molecule has 1 aromatic carbocycles. The topological polar surface area (TPSA) is 17.1 Å². The summed E-state index contributed by atoms with van der Waals surface area (Å²) in [6, 6.07) is 5.50. The van der Waals surface area contributed by atoms with Crippen LogP contribution in [0.4, 0.5) is 0 Å². The van der Waals surface area contributed by atoms with Crippen LogP contribution in [0.5, 0.6) is 0 Å². The van der Waals surface area contributed by atoms with Gasteiger partial charge in [0.2, 0.25) is 0 Å². The van der Waals surface area contributed by atoms with Gasteiger partial charge in [-0.05, 0) is 11.6 Å². The second kappa shape index (κ2) is 5.79. The summed E-state index contributed by atoms with van der Waals surface area (Å²) in [5.41, 5.74) is 1.76. The van der Waals surface area contributed by atoms with Crippen LogP contribution in [-0.4, -0.2) is 11.7 Å². The van der Waals surface area contributed by atoms with Crippen LogP contribution in [0.3, 0.4) is 0 Å². The zero-order chi connectivity index (χ0) is 10.6. The molecule has 76 valence electrons. The summed E-state index contributed by atoms with van der Waals surface area (Å²) >= 11 is 13.1. The molecule has 0 amide bonds. The standard InChI is InChI=1S/C10H10BrClOS/c11-6-8-2-1-7(5-10(8)14)9(13)3-4-12/h1-2,5,14H,3-4,6H2. The smallest absolute Gasteiger partial charge is 0.164 e. The maximum absolute atomic E-state index is 11.5. The largest absolute Gasteiger partial charge is 0.294 e. The minimum Gasteiger partial charge on any atom is -0.294 e. The fourth-order valence-electron chi connectivity index (χ4n) is 1.08. The molecule has 0 unspecified atom stereocenters. The number of alkyl halides is 2. The molecular weight excluding hydrogens is 284 g/mol. The molecule has 0 aliphatic rings. The van der Waals surface area contributed by atoms with Gasteiger partial charge in [-0.15, -0.1) is 24.2 Å². The molecule has 0 N–H and O–H groups in total. The van der Waals surface area contributed by atoms with Crippen LogP contribution >= 0.6 is 40.2 Å². The van der Waals surface area contributed by atoms with E-state index in [1.54, 1.807) is 6.07 Å². The maximum atomic E-state index is 11.5. The number of thiol groups is 1. The minimum atomic E-state index is 0.0661. The van der Waals surface area contributed by atoms with Gasteiger partial charge in [-0.1, -0.05) is 28.1 Å². The number of carbonyl (C=O) groups is 1. The molecule has 1 rings (SSSR count). The number of benzene rings is 1. The highest BCUT2D eigenvalue weighted by atomic mass is 79.9. The molecule has 0 atom stereocenters. The van der Waals surface area contributed by atoms with E-state index in [0.29, 0.717) is 17.9 Å². The second-order valence-corrected chi connectivity index (χ2v) is 4.26. The number of Topliss-reactive ketones (excluding diaryl/α,β-unsaturated/α-hetero) is 1. The van der Waals surface area contributed by atoms with Crippen molar-refractivity contribution in [3.05, 3.63) is 29.3 Å². The van der Waals surface area contributed by atoms with Gasteiger partial charge in [0.25, 0.3) is 0 Å². The molecule has 14 heavy (non-hydrogen) atoms. The summed E-state index contributed by atoms with van der Waals surface area (Å²) in [4.78, 5) is 12.3. The minimum absolute atomic E-state index is 0.0661. The van der Waals surface area contributed by atoms with Crippen LogP contribution in [0.2, 0.25) is 0 Å². The second-order valence-electron chi connectivity index (χ2n) is 2.84. The number of hydrogen-bond donors (Lipinski definition) is 1. The predicted octanol–water partition coefficient (Wildman–Crippen LogP) is 3.68. The first kappa shape index (κ1) is 12.1. The fourth-order valence-corrected chi connectivity index (χ4v) is 2.25. The Morgan fingerprint density at radius 3 is 2.71 bits per heavy atom.